The Morgan fingerprint density at radius 3 is 2.88 bits per heavy atom. The van der Waals surface area contributed by atoms with Crippen LogP contribution in [0.1, 0.15) is 49.8 Å². The van der Waals surface area contributed by atoms with Crippen LogP contribution in [0, 0.1) is 0 Å². The van der Waals surface area contributed by atoms with Crippen molar-refractivity contribution in [3.05, 3.63) is 35.2 Å². The summed E-state index contributed by atoms with van der Waals surface area (Å²) in [6.45, 7) is 2.01. The highest BCUT2D eigenvalue weighted by molar-refractivity contribution is 7.99. The summed E-state index contributed by atoms with van der Waals surface area (Å²) in [6.07, 6.45) is 4.73. The normalized spacial score (nSPS) is 16.4. The van der Waals surface area contributed by atoms with Crippen LogP contribution in [-0.2, 0) is 0 Å². The molecule has 130 valence electrons. The zero-order valence-electron chi connectivity index (χ0n) is 13.7. The third-order valence-corrected chi connectivity index (χ3v) is 5.55. The van der Waals surface area contributed by atoms with E-state index in [4.69, 9.17) is 16.0 Å². The molecule has 7 nitrogen and oxygen atoms in total. The predicted octanol–water partition coefficient (Wildman–Crippen LogP) is 4.34. The molecule has 0 saturated heterocycles. The first kappa shape index (κ1) is 16.5. The second-order valence-corrected chi connectivity index (χ2v) is 7.80. The molecule has 0 N–H and O–H groups in total. The van der Waals surface area contributed by atoms with Crippen molar-refractivity contribution in [1.29, 1.82) is 0 Å². The fraction of sp³-hybridized carbons (Fsp3) is 0.438. The topological polar surface area (TPSA) is 82.5 Å². The van der Waals surface area contributed by atoms with Gasteiger partial charge in [0.1, 0.15) is 0 Å². The Hall–Kier alpha value is -1.93. The average molecular weight is 377 g/mol. The number of benzene rings is 1. The fourth-order valence-electron chi connectivity index (χ4n) is 2.99. The van der Waals surface area contributed by atoms with Crippen LogP contribution in [0.25, 0.3) is 11.5 Å². The number of aromatic nitrogens is 6. The predicted molar refractivity (Wildman–Crippen MR) is 94.3 cm³/mol. The number of hydrogen-bond donors (Lipinski definition) is 0. The van der Waals surface area contributed by atoms with Crippen molar-refractivity contribution in [2.75, 3.05) is 0 Å². The number of hydrogen-bond acceptors (Lipinski definition) is 7. The van der Waals surface area contributed by atoms with Gasteiger partial charge in [-0.2, -0.15) is 0 Å². The minimum atomic E-state index is -0.0495. The first-order valence-electron chi connectivity index (χ1n) is 8.24. The highest BCUT2D eigenvalue weighted by Gasteiger charge is 2.24. The van der Waals surface area contributed by atoms with Gasteiger partial charge >= 0.3 is 0 Å². The smallest absolute Gasteiger partial charge is 0.247 e. The summed E-state index contributed by atoms with van der Waals surface area (Å²) in [5.74, 6) is 1.00. The monoisotopic (exact) mass is 376 g/mol. The van der Waals surface area contributed by atoms with E-state index in [-0.39, 0.29) is 5.25 Å². The van der Waals surface area contributed by atoms with E-state index in [0.717, 1.165) is 23.6 Å². The SMILES string of the molecule is C[C@H](Sc1nnnn1C1CCCC1)c1nnc(-c2cccc(Cl)c2)o1. The zero-order chi connectivity index (χ0) is 17.2. The first-order valence-corrected chi connectivity index (χ1v) is 9.50. The molecule has 0 amide bonds. The molecule has 0 spiro atoms. The van der Waals surface area contributed by atoms with E-state index in [1.54, 1.807) is 6.07 Å². The molecule has 1 aliphatic carbocycles. The zero-order valence-corrected chi connectivity index (χ0v) is 15.2. The fourth-order valence-corrected chi connectivity index (χ4v) is 4.07. The Bertz CT molecular complexity index is 860. The largest absolute Gasteiger partial charge is 0.419 e. The van der Waals surface area contributed by atoms with Crippen LogP contribution in [0.3, 0.4) is 0 Å². The van der Waals surface area contributed by atoms with Crippen molar-refractivity contribution in [2.45, 2.75) is 49.1 Å². The van der Waals surface area contributed by atoms with Gasteiger partial charge in [0.2, 0.25) is 16.9 Å². The highest BCUT2D eigenvalue weighted by Crippen LogP contribution is 2.37. The molecule has 1 saturated carbocycles. The van der Waals surface area contributed by atoms with Gasteiger partial charge in [-0.25, -0.2) is 4.68 Å². The third-order valence-electron chi connectivity index (χ3n) is 4.28. The molecule has 25 heavy (non-hydrogen) atoms. The molecule has 9 heteroatoms. The van der Waals surface area contributed by atoms with Crippen molar-refractivity contribution >= 4 is 23.4 Å². The molecule has 1 aromatic carbocycles. The van der Waals surface area contributed by atoms with Crippen molar-refractivity contribution in [3.8, 4) is 11.5 Å². The Kier molecular flexibility index (Phi) is 4.72. The van der Waals surface area contributed by atoms with Gasteiger partial charge in [0.15, 0.2) is 0 Å². The molecule has 2 aromatic heterocycles. The maximum atomic E-state index is 6.02. The molecule has 0 radical (unpaired) electrons. The molecule has 3 aromatic rings. The van der Waals surface area contributed by atoms with Gasteiger partial charge in [-0.1, -0.05) is 42.3 Å². The minimum Gasteiger partial charge on any atom is -0.419 e. The van der Waals surface area contributed by atoms with Crippen molar-refractivity contribution in [2.24, 2.45) is 0 Å². The number of rotatable bonds is 5. The molecule has 1 atom stereocenters. The van der Waals surface area contributed by atoms with E-state index in [1.807, 2.05) is 29.8 Å². The molecule has 2 heterocycles. The Balaban J connectivity index is 1.51. The highest BCUT2D eigenvalue weighted by atomic mass is 35.5. The summed E-state index contributed by atoms with van der Waals surface area (Å²) >= 11 is 7.55. The van der Waals surface area contributed by atoms with Crippen LogP contribution in [0.5, 0.6) is 0 Å². The van der Waals surface area contributed by atoms with E-state index in [9.17, 15) is 0 Å². The van der Waals surface area contributed by atoms with E-state index in [1.165, 1.54) is 24.6 Å². The number of tetrazole rings is 1. The molecule has 1 aliphatic rings. The first-order chi connectivity index (χ1) is 12.2. The molecule has 0 aliphatic heterocycles. The summed E-state index contributed by atoms with van der Waals surface area (Å²) in [6, 6.07) is 7.76. The van der Waals surface area contributed by atoms with Gasteiger partial charge in [0.25, 0.3) is 0 Å². The van der Waals surface area contributed by atoms with E-state index >= 15 is 0 Å². The lowest BCUT2D eigenvalue weighted by atomic mass is 10.2. The average Bonchev–Trinajstić information content (AvgIpc) is 3.35. The van der Waals surface area contributed by atoms with E-state index in [2.05, 4.69) is 25.7 Å². The second kappa shape index (κ2) is 7.13. The van der Waals surface area contributed by atoms with Crippen LogP contribution >= 0.6 is 23.4 Å². The standard InChI is InChI=1S/C16H17ClN6OS/c1-10(25-16-20-21-22-23(16)13-7-2-3-8-13)14-18-19-15(24-14)11-5-4-6-12(17)9-11/h4-6,9-10,13H,2-3,7-8H2,1H3/t10-/m0/s1. The summed E-state index contributed by atoms with van der Waals surface area (Å²) in [4.78, 5) is 0. The van der Waals surface area contributed by atoms with Gasteiger partial charge in [-0.3, -0.25) is 0 Å². The number of nitrogens with zero attached hydrogens (tertiary/aromatic N) is 6. The summed E-state index contributed by atoms with van der Waals surface area (Å²) in [5, 5.41) is 21.8. The summed E-state index contributed by atoms with van der Waals surface area (Å²) < 4.78 is 7.75. The van der Waals surface area contributed by atoms with Gasteiger partial charge < -0.3 is 4.42 Å². The molecule has 4 rings (SSSR count). The lowest BCUT2D eigenvalue weighted by Crippen LogP contribution is -2.08. The Labute approximate surface area is 154 Å². The quantitative estimate of drug-likeness (QED) is 0.612. The summed E-state index contributed by atoms with van der Waals surface area (Å²) in [7, 11) is 0. The number of thioether (sulfide) groups is 1. The van der Waals surface area contributed by atoms with Gasteiger partial charge in [-0.05, 0) is 48.4 Å². The van der Waals surface area contributed by atoms with Crippen LogP contribution in [-0.4, -0.2) is 30.4 Å². The lowest BCUT2D eigenvalue weighted by molar-refractivity contribution is 0.422. The van der Waals surface area contributed by atoms with Gasteiger partial charge in [0.05, 0.1) is 11.3 Å². The van der Waals surface area contributed by atoms with Crippen molar-refractivity contribution in [3.63, 3.8) is 0 Å². The second-order valence-electron chi connectivity index (χ2n) is 6.06. The van der Waals surface area contributed by atoms with Crippen molar-refractivity contribution < 1.29 is 4.42 Å². The summed E-state index contributed by atoms with van der Waals surface area (Å²) in [5.41, 5.74) is 0.805. The molecule has 0 bridgehead atoms. The van der Waals surface area contributed by atoms with Crippen molar-refractivity contribution in [1.82, 2.24) is 30.4 Å². The molecule has 0 unspecified atom stereocenters. The van der Waals surface area contributed by atoms with Crippen LogP contribution in [0.2, 0.25) is 5.02 Å². The van der Waals surface area contributed by atoms with E-state index in [0.29, 0.717) is 22.8 Å². The van der Waals surface area contributed by atoms with Crippen LogP contribution in [0.15, 0.2) is 33.8 Å². The van der Waals surface area contributed by atoms with Gasteiger partial charge in [-0.15, -0.1) is 15.3 Å². The van der Waals surface area contributed by atoms with Gasteiger partial charge in [0, 0.05) is 10.6 Å². The minimum absolute atomic E-state index is 0.0495. The maximum Gasteiger partial charge on any atom is 0.247 e. The maximum absolute atomic E-state index is 6.02. The molecule has 1 fully saturated rings. The van der Waals surface area contributed by atoms with Crippen LogP contribution < -0.4 is 0 Å². The Morgan fingerprint density at radius 2 is 2.08 bits per heavy atom. The Morgan fingerprint density at radius 1 is 1.24 bits per heavy atom. The van der Waals surface area contributed by atoms with Crippen LogP contribution in [0.4, 0.5) is 0 Å². The molecular formula is C16H17ClN6OS. The molecular weight excluding hydrogens is 360 g/mol. The lowest BCUT2D eigenvalue weighted by Gasteiger charge is -2.12. The number of halogens is 1. The van der Waals surface area contributed by atoms with E-state index < -0.39 is 0 Å². The third kappa shape index (κ3) is 3.55.